The van der Waals surface area contributed by atoms with Crippen LogP contribution in [0.4, 0.5) is 0 Å². The third-order valence-electron chi connectivity index (χ3n) is 11.1. The van der Waals surface area contributed by atoms with Gasteiger partial charge in [-0.2, -0.15) is 15.8 Å². The standard InChI is InChI=1S/C51H31N5/c52-30-33-11-9-13-37(27-33)55-49-26-23-34(31-53)28-46(49)45-20-10-19-44(51(45)55)41-17-5-4-16-40(41)39-15-3-2-14-38(39)35-24-25-43-42-18-6-8-22-48(42)56(50(43)29-35)47-21-7-1-12-36(47)32-54/h1-3,5-15,17-29H,4,16H2. The van der Waals surface area contributed by atoms with Crippen LogP contribution in [-0.2, 0) is 0 Å². The summed E-state index contributed by atoms with van der Waals surface area (Å²) in [7, 11) is 0. The number of aromatic nitrogens is 2. The molecule has 1 aliphatic carbocycles. The van der Waals surface area contributed by atoms with E-state index < -0.39 is 0 Å². The van der Waals surface area contributed by atoms with Gasteiger partial charge >= 0.3 is 0 Å². The molecule has 56 heavy (non-hydrogen) atoms. The second-order valence-corrected chi connectivity index (χ2v) is 14.1. The zero-order valence-corrected chi connectivity index (χ0v) is 30.2. The zero-order valence-electron chi connectivity index (χ0n) is 30.2. The maximum absolute atomic E-state index is 10.1. The smallest absolute Gasteiger partial charge is 0.101 e. The highest BCUT2D eigenvalue weighted by Gasteiger charge is 2.23. The molecule has 0 fully saturated rings. The van der Waals surface area contributed by atoms with E-state index in [-0.39, 0.29) is 0 Å². The van der Waals surface area contributed by atoms with E-state index in [2.05, 4.69) is 124 Å². The number of para-hydroxylation sites is 3. The molecule has 0 aliphatic heterocycles. The van der Waals surface area contributed by atoms with E-state index >= 15 is 0 Å². The average molecular weight is 714 g/mol. The molecule has 0 radical (unpaired) electrons. The maximum Gasteiger partial charge on any atom is 0.101 e. The van der Waals surface area contributed by atoms with Gasteiger partial charge in [-0.25, -0.2) is 0 Å². The highest BCUT2D eigenvalue weighted by atomic mass is 15.0. The summed E-state index contributed by atoms with van der Waals surface area (Å²) in [5, 5.41) is 34.2. The predicted molar refractivity (Wildman–Crippen MR) is 226 cm³/mol. The number of fused-ring (bicyclic) bond motifs is 6. The van der Waals surface area contributed by atoms with Gasteiger partial charge in [0.2, 0.25) is 0 Å². The molecule has 260 valence electrons. The Morgan fingerprint density at radius 3 is 2.07 bits per heavy atom. The molecule has 1 aliphatic rings. The van der Waals surface area contributed by atoms with Gasteiger partial charge in [0.15, 0.2) is 0 Å². The van der Waals surface area contributed by atoms with Gasteiger partial charge in [-0.3, -0.25) is 0 Å². The number of hydrogen-bond donors (Lipinski definition) is 0. The second kappa shape index (κ2) is 13.2. The fourth-order valence-corrected chi connectivity index (χ4v) is 8.69. The summed E-state index contributed by atoms with van der Waals surface area (Å²) in [5.41, 5.74) is 14.6. The normalized spacial score (nSPS) is 12.7. The van der Waals surface area contributed by atoms with Crippen molar-refractivity contribution in [3.8, 4) is 40.7 Å². The summed E-state index contributed by atoms with van der Waals surface area (Å²) >= 11 is 0. The summed E-state index contributed by atoms with van der Waals surface area (Å²) in [6, 6.07) is 58.7. The first-order chi connectivity index (χ1) is 27.7. The number of benzene rings is 7. The first-order valence-corrected chi connectivity index (χ1v) is 18.7. The molecule has 5 nitrogen and oxygen atoms in total. The van der Waals surface area contributed by atoms with E-state index in [4.69, 9.17) is 0 Å². The van der Waals surface area contributed by atoms with Crippen LogP contribution < -0.4 is 0 Å². The van der Waals surface area contributed by atoms with Crippen LogP contribution in [0.3, 0.4) is 0 Å². The van der Waals surface area contributed by atoms with Gasteiger partial charge < -0.3 is 9.13 Å². The van der Waals surface area contributed by atoms with Crippen molar-refractivity contribution in [2.24, 2.45) is 0 Å². The predicted octanol–water partition coefficient (Wildman–Crippen LogP) is 12.4. The van der Waals surface area contributed by atoms with E-state index in [1.54, 1.807) is 0 Å². The molecule has 0 bridgehead atoms. The SMILES string of the molecule is N#Cc1cccc(-n2c3ccc(C#N)cc3c3cccc(C4=C(c5ccccc5-c5ccc6c7ccccc7n(-c7ccccc7C#N)c6c5)CCC=C4)c32)c1. The lowest BCUT2D eigenvalue weighted by Crippen LogP contribution is -2.01. The van der Waals surface area contributed by atoms with Gasteiger partial charge in [0.25, 0.3) is 0 Å². The Morgan fingerprint density at radius 1 is 0.482 bits per heavy atom. The van der Waals surface area contributed by atoms with Crippen LogP contribution in [0.25, 0.3) is 77.3 Å². The fraction of sp³-hybridized carbons (Fsp3) is 0.0392. The molecule has 2 heterocycles. The molecule has 0 N–H and O–H groups in total. The fourth-order valence-electron chi connectivity index (χ4n) is 8.69. The minimum Gasteiger partial charge on any atom is -0.309 e. The lowest BCUT2D eigenvalue weighted by molar-refractivity contribution is 1.06. The van der Waals surface area contributed by atoms with E-state index in [1.165, 1.54) is 11.1 Å². The third kappa shape index (κ3) is 5.06. The number of rotatable bonds is 5. The molecule has 0 unspecified atom stereocenters. The maximum atomic E-state index is 10.1. The van der Waals surface area contributed by atoms with Crippen LogP contribution in [0, 0.1) is 34.0 Å². The van der Waals surface area contributed by atoms with Crippen molar-refractivity contribution in [1.29, 1.82) is 15.8 Å². The first kappa shape index (κ1) is 32.7. The number of nitriles is 3. The summed E-state index contributed by atoms with van der Waals surface area (Å²) < 4.78 is 4.47. The zero-order chi connectivity index (χ0) is 37.8. The lowest BCUT2D eigenvalue weighted by atomic mass is 9.84. The Labute approximate surface area is 323 Å². The van der Waals surface area contributed by atoms with Crippen molar-refractivity contribution in [1.82, 2.24) is 9.13 Å². The largest absolute Gasteiger partial charge is 0.309 e. The molecule has 9 aromatic rings. The molecule has 2 aromatic heterocycles. The molecule has 10 rings (SSSR count). The van der Waals surface area contributed by atoms with Crippen molar-refractivity contribution >= 4 is 54.8 Å². The third-order valence-corrected chi connectivity index (χ3v) is 11.1. The summed E-state index contributed by atoms with van der Waals surface area (Å²) in [6.45, 7) is 0. The van der Waals surface area contributed by atoms with Crippen molar-refractivity contribution < 1.29 is 0 Å². The molecule has 0 saturated heterocycles. The minimum atomic E-state index is 0.585. The van der Waals surface area contributed by atoms with Crippen LogP contribution >= 0.6 is 0 Å². The van der Waals surface area contributed by atoms with Crippen molar-refractivity contribution in [2.75, 3.05) is 0 Å². The molecule has 7 aromatic carbocycles. The summed E-state index contributed by atoms with van der Waals surface area (Å²) in [4.78, 5) is 0. The molecule has 0 amide bonds. The van der Waals surface area contributed by atoms with Gasteiger partial charge in [0.05, 0.1) is 56.6 Å². The number of allylic oxidation sites excluding steroid dienone is 4. The summed E-state index contributed by atoms with van der Waals surface area (Å²) in [5.74, 6) is 0. The Hall–Kier alpha value is -7.91. The highest BCUT2D eigenvalue weighted by molar-refractivity contribution is 6.16. The first-order valence-electron chi connectivity index (χ1n) is 18.7. The van der Waals surface area contributed by atoms with Gasteiger partial charge in [-0.05, 0) is 101 Å². The molecule has 0 saturated carbocycles. The number of nitrogens with zero attached hydrogens (tertiary/aromatic N) is 5. The van der Waals surface area contributed by atoms with Crippen LogP contribution in [-0.4, -0.2) is 9.13 Å². The summed E-state index contributed by atoms with van der Waals surface area (Å²) in [6.07, 6.45) is 6.30. The van der Waals surface area contributed by atoms with Gasteiger partial charge in [0.1, 0.15) is 6.07 Å². The van der Waals surface area contributed by atoms with E-state index in [0.29, 0.717) is 16.7 Å². The van der Waals surface area contributed by atoms with Crippen LogP contribution in [0.2, 0.25) is 0 Å². The second-order valence-electron chi connectivity index (χ2n) is 14.1. The Bertz CT molecular complexity index is 3290. The van der Waals surface area contributed by atoms with Gasteiger partial charge in [-0.1, -0.05) is 103 Å². The van der Waals surface area contributed by atoms with Crippen molar-refractivity contribution in [3.63, 3.8) is 0 Å². The van der Waals surface area contributed by atoms with Crippen molar-refractivity contribution in [3.05, 3.63) is 192 Å². The van der Waals surface area contributed by atoms with Gasteiger partial charge in [-0.15, -0.1) is 0 Å². The molecule has 0 spiro atoms. The average Bonchev–Trinajstić information content (AvgIpc) is 3.78. The van der Waals surface area contributed by atoms with Crippen LogP contribution in [0.1, 0.15) is 40.7 Å². The highest BCUT2D eigenvalue weighted by Crippen LogP contribution is 2.44. The topological polar surface area (TPSA) is 81.2 Å². The van der Waals surface area contributed by atoms with E-state index in [9.17, 15) is 15.8 Å². The molecule has 0 atom stereocenters. The Morgan fingerprint density at radius 2 is 1.20 bits per heavy atom. The Balaban J connectivity index is 1.23. The van der Waals surface area contributed by atoms with Crippen molar-refractivity contribution in [2.45, 2.75) is 12.8 Å². The monoisotopic (exact) mass is 713 g/mol. The van der Waals surface area contributed by atoms with Crippen LogP contribution in [0.5, 0.6) is 0 Å². The Kier molecular flexibility index (Phi) is 7.71. The van der Waals surface area contributed by atoms with Gasteiger partial charge in [0, 0.05) is 32.8 Å². The minimum absolute atomic E-state index is 0.585. The lowest BCUT2D eigenvalue weighted by Gasteiger charge is -2.21. The van der Waals surface area contributed by atoms with E-state index in [0.717, 1.165) is 90.1 Å². The quantitative estimate of drug-likeness (QED) is 0.178. The molecule has 5 heteroatoms. The van der Waals surface area contributed by atoms with E-state index in [1.807, 2.05) is 66.7 Å². The van der Waals surface area contributed by atoms with Crippen LogP contribution in [0.15, 0.2) is 164 Å². The number of hydrogen-bond acceptors (Lipinski definition) is 3. The molecular formula is C51H31N5. The molecular weight excluding hydrogens is 683 g/mol.